The maximum atomic E-state index is 12.5. The number of phenols is 1. The molecule has 7 heteroatoms. The first-order valence-corrected chi connectivity index (χ1v) is 6.38. The van der Waals surface area contributed by atoms with Crippen molar-refractivity contribution in [1.82, 2.24) is 0 Å². The molecule has 2 aromatic carbocycles. The average molecular weight is 328 g/mol. The van der Waals surface area contributed by atoms with Gasteiger partial charge in [0.1, 0.15) is 11.5 Å². The maximum Gasteiger partial charge on any atom is 0.573 e. The van der Waals surface area contributed by atoms with Crippen LogP contribution in [-0.2, 0) is 0 Å². The zero-order valence-electron chi connectivity index (χ0n) is 11.2. The van der Waals surface area contributed by atoms with Gasteiger partial charge in [-0.3, -0.25) is 0 Å². The molecule has 0 fully saturated rings. The predicted octanol–water partition coefficient (Wildman–Crippen LogP) is 4.79. The molecule has 0 unspecified atom stereocenters. The van der Waals surface area contributed by atoms with Gasteiger partial charge in [0.2, 0.25) is 0 Å². The van der Waals surface area contributed by atoms with Crippen LogP contribution in [0.5, 0.6) is 11.5 Å². The summed E-state index contributed by atoms with van der Waals surface area (Å²) in [6.45, 7) is 1.64. The molecule has 0 atom stereocenters. The SMILES string of the molecule is Cc1cc(O)c(-c2cc(C#N)ccc2OC(F)(F)F)cc1Cl. The molecule has 0 aliphatic heterocycles. The number of hydrogen-bond donors (Lipinski definition) is 1. The highest BCUT2D eigenvalue weighted by Crippen LogP contribution is 2.40. The standard InChI is InChI=1S/C15H9ClF3NO2/c1-8-4-13(21)10(6-12(8)16)11-5-9(7-20)2-3-14(11)22-15(17,18)19/h2-6,21H,1H3. The highest BCUT2D eigenvalue weighted by molar-refractivity contribution is 6.31. The molecule has 2 rings (SSSR count). The van der Waals surface area contributed by atoms with Crippen LogP contribution in [0.25, 0.3) is 11.1 Å². The molecule has 0 radical (unpaired) electrons. The summed E-state index contributed by atoms with van der Waals surface area (Å²) in [6.07, 6.45) is -4.90. The number of aromatic hydroxyl groups is 1. The van der Waals surface area contributed by atoms with Crippen molar-refractivity contribution in [3.63, 3.8) is 0 Å². The fourth-order valence-corrected chi connectivity index (χ4v) is 2.07. The molecule has 114 valence electrons. The number of nitrogens with zero attached hydrogens (tertiary/aromatic N) is 1. The Morgan fingerprint density at radius 3 is 2.45 bits per heavy atom. The van der Waals surface area contributed by atoms with E-state index in [4.69, 9.17) is 16.9 Å². The van der Waals surface area contributed by atoms with Crippen LogP contribution in [0.15, 0.2) is 30.3 Å². The van der Waals surface area contributed by atoms with E-state index in [0.29, 0.717) is 5.56 Å². The Hall–Kier alpha value is -2.39. The van der Waals surface area contributed by atoms with Gasteiger partial charge in [0.05, 0.1) is 11.6 Å². The zero-order valence-corrected chi connectivity index (χ0v) is 12.0. The fraction of sp³-hybridized carbons (Fsp3) is 0.133. The van der Waals surface area contributed by atoms with Crippen LogP contribution in [0, 0.1) is 18.3 Å². The number of nitriles is 1. The summed E-state index contributed by atoms with van der Waals surface area (Å²) in [7, 11) is 0. The summed E-state index contributed by atoms with van der Waals surface area (Å²) in [5.41, 5.74) is 0.668. The largest absolute Gasteiger partial charge is 0.573 e. The number of rotatable bonds is 2. The summed E-state index contributed by atoms with van der Waals surface area (Å²) in [5, 5.41) is 19.1. The summed E-state index contributed by atoms with van der Waals surface area (Å²) in [4.78, 5) is 0. The third-order valence-corrected chi connectivity index (χ3v) is 3.31. The molecule has 2 aromatic rings. The number of phenolic OH excluding ortho intramolecular Hbond substituents is 1. The van der Waals surface area contributed by atoms with Gasteiger partial charge in [-0.25, -0.2) is 0 Å². The first-order chi connectivity index (χ1) is 10.2. The van der Waals surface area contributed by atoms with Gasteiger partial charge in [0.25, 0.3) is 0 Å². The lowest BCUT2D eigenvalue weighted by atomic mass is 10.00. The Labute approximate surface area is 129 Å². The Bertz CT molecular complexity index is 767. The van der Waals surface area contributed by atoms with Gasteiger partial charge in [-0.1, -0.05) is 11.6 Å². The summed E-state index contributed by atoms with van der Waals surface area (Å²) >= 11 is 5.96. The van der Waals surface area contributed by atoms with Crippen molar-refractivity contribution in [2.75, 3.05) is 0 Å². The molecular formula is C15H9ClF3NO2. The highest BCUT2D eigenvalue weighted by atomic mass is 35.5. The first kappa shape index (κ1) is 16.0. The Morgan fingerprint density at radius 1 is 1.18 bits per heavy atom. The molecule has 0 saturated heterocycles. The Morgan fingerprint density at radius 2 is 1.86 bits per heavy atom. The topological polar surface area (TPSA) is 53.2 Å². The third-order valence-electron chi connectivity index (χ3n) is 2.90. The molecule has 0 heterocycles. The molecule has 0 aliphatic carbocycles. The van der Waals surface area contributed by atoms with Crippen LogP contribution in [0.1, 0.15) is 11.1 Å². The van der Waals surface area contributed by atoms with E-state index in [1.165, 1.54) is 24.3 Å². The van der Waals surface area contributed by atoms with E-state index in [0.717, 1.165) is 6.07 Å². The second-order valence-electron chi connectivity index (χ2n) is 4.49. The van der Waals surface area contributed by atoms with E-state index < -0.39 is 12.1 Å². The zero-order chi connectivity index (χ0) is 16.5. The van der Waals surface area contributed by atoms with E-state index in [-0.39, 0.29) is 27.5 Å². The highest BCUT2D eigenvalue weighted by Gasteiger charge is 2.32. The second-order valence-corrected chi connectivity index (χ2v) is 4.90. The summed E-state index contributed by atoms with van der Waals surface area (Å²) < 4.78 is 41.4. The molecule has 0 bridgehead atoms. The van der Waals surface area contributed by atoms with E-state index in [1.807, 2.05) is 6.07 Å². The van der Waals surface area contributed by atoms with Crippen LogP contribution in [-0.4, -0.2) is 11.5 Å². The second kappa shape index (κ2) is 5.78. The number of benzene rings is 2. The van der Waals surface area contributed by atoms with E-state index in [1.54, 1.807) is 6.92 Å². The predicted molar refractivity (Wildman–Crippen MR) is 74.7 cm³/mol. The molecule has 0 spiro atoms. The minimum atomic E-state index is -4.90. The molecule has 1 N–H and O–H groups in total. The van der Waals surface area contributed by atoms with Crippen molar-refractivity contribution in [2.45, 2.75) is 13.3 Å². The van der Waals surface area contributed by atoms with Gasteiger partial charge in [0.15, 0.2) is 0 Å². The van der Waals surface area contributed by atoms with Crippen molar-refractivity contribution in [3.05, 3.63) is 46.5 Å². The van der Waals surface area contributed by atoms with Crippen LogP contribution in [0.2, 0.25) is 5.02 Å². The smallest absolute Gasteiger partial charge is 0.507 e. The lowest BCUT2D eigenvalue weighted by molar-refractivity contribution is -0.274. The van der Waals surface area contributed by atoms with Crippen molar-refractivity contribution >= 4 is 11.6 Å². The van der Waals surface area contributed by atoms with Crippen molar-refractivity contribution in [3.8, 4) is 28.7 Å². The number of ether oxygens (including phenoxy) is 1. The monoisotopic (exact) mass is 327 g/mol. The van der Waals surface area contributed by atoms with Crippen molar-refractivity contribution in [1.29, 1.82) is 5.26 Å². The number of hydrogen-bond acceptors (Lipinski definition) is 3. The molecular weight excluding hydrogens is 319 g/mol. The minimum absolute atomic E-state index is 0.0481. The lowest BCUT2D eigenvalue weighted by Gasteiger charge is -2.15. The lowest BCUT2D eigenvalue weighted by Crippen LogP contribution is -2.17. The Balaban J connectivity index is 2.67. The molecule has 0 aliphatic rings. The first-order valence-electron chi connectivity index (χ1n) is 6.00. The van der Waals surface area contributed by atoms with Crippen LogP contribution in [0.4, 0.5) is 13.2 Å². The molecule has 3 nitrogen and oxygen atoms in total. The number of aryl methyl sites for hydroxylation is 1. The van der Waals surface area contributed by atoms with Crippen LogP contribution < -0.4 is 4.74 Å². The molecule has 0 aromatic heterocycles. The number of alkyl halides is 3. The average Bonchev–Trinajstić information content (AvgIpc) is 2.42. The quantitative estimate of drug-likeness (QED) is 0.862. The Kier molecular flexibility index (Phi) is 4.20. The van der Waals surface area contributed by atoms with E-state index >= 15 is 0 Å². The summed E-state index contributed by atoms with van der Waals surface area (Å²) in [5.74, 6) is -0.786. The molecule has 0 saturated carbocycles. The van der Waals surface area contributed by atoms with E-state index in [2.05, 4.69) is 4.74 Å². The van der Waals surface area contributed by atoms with Crippen LogP contribution in [0.3, 0.4) is 0 Å². The summed E-state index contributed by atoms with van der Waals surface area (Å²) in [6, 6.07) is 7.88. The molecule has 0 amide bonds. The molecule has 22 heavy (non-hydrogen) atoms. The van der Waals surface area contributed by atoms with Gasteiger partial charge in [-0.05, 0) is 42.8 Å². The maximum absolute atomic E-state index is 12.5. The van der Waals surface area contributed by atoms with E-state index in [9.17, 15) is 18.3 Å². The van der Waals surface area contributed by atoms with Gasteiger partial charge in [-0.15, -0.1) is 13.2 Å². The van der Waals surface area contributed by atoms with Gasteiger partial charge in [0, 0.05) is 16.1 Å². The van der Waals surface area contributed by atoms with Crippen molar-refractivity contribution in [2.24, 2.45) is 0 Å². The minimum Gasteiger partial charge on any atom is -0.507 e. The number of halogens is 4. The fourth-order valence-electron chi connectivity index (χ4n) is 1.91. The van der Waals surface area contributed by atoms with Gasteiger partial charge >= 0.3 is 6.36 Å². The van der Waals surface area contributed by atoms with Crippen LogP contribution >= 0.6 is 11.6 Å². The van der Waals surface area contributed by atoms with Crippen molar-refractivity contribution < 1.29 is 23.0 Å². The normalized spacial score (nSPS) is 11.1. The van der Waals surface area contributed by atoms with Gasteiger partial charge < -0.3 is 9.84 Å². The third kappa shape index (κ3) is 3.43. The van der Waals surface area contributed by atoms with Gasteiger partial charge in [-0.2, -0.15) is 5.26 Å².